The zero-order valence-electron chi connectivity index (χ0n) is 31.0. The smallest absolute Gasteiger partial charge is 0.672 e. The molecule has 0 spiro atoms. The minimum Gasteiger partial charge on any atom is -0.672 e. The monoisotopic (exact) mass is 790 g/mol. The Morgan fingerprint density at radius 1 is 0.556 bits per heavy atom. The van der Waals surface area contributed by atoms with E-state index in [0.717, 1.165) is 35.5 Å². The number of benzene rings is 2. The fourth-order valence-corrected chi connectivity index (χ4v) is 13.5. The third-order valence-electron chi connectivity index (χ3n) is 10.9. The molecule has 0 heterocycles. The molecule has 0 saturated heterocycles. The molecule has 4 saturated carbocycles. The zero-order chi connectivity index (χ0) is 30.3. The normalized spacial score (nSPS) is 26.9. The molecule has 2 aromatic carbocycles. The number of hydrogen-bond donors (Lipinski definition) is 0. The Kier molecular flexibility index (Phi) is 19.8. The van der Waals surface area contributed by atoms with Gasteiger partial charge in [-0.1, -0.05) is 170 Å². The maximum absolute atomic E-state index is 4.56. The first-order chi connectivity index (χ1) is 20.0. The van der Waals surface area contributed by atoms with Crippen LogP contribution in [0.2, 0.25) is 26.2 Å². The number of fused-ring (bicyclic) bond motifs is 2. The van der Waals surface area contributed by atoms with Crippen molar-refractivity contribution in [3.05, 3.63) is 90.3 Å². The van der Waals surface area contributed by atoms with E-state index in [-0.39, 0.29) is 60.2 Å². The predicted molar refractivity (Wildman–Crippen MR) is 205 cm³/mol. The molecule has 4 aliphatic rings. The van der Waals surface area contributed by atoms with Gasteiger partial charge in [-0.25, -0.2) is 0 Å². The van der Waals surface area contributed by atoms with E-state index < -0.39 is 17.9 Å². The van der Waals surface area contributed by atoms with E-state index in [0.29, 0.717) is 0 Å². The topological polar surface area (TPSA) is 14.1 Å². The van der Waals surface area contributed by atoms with E-state index >= 15 is 0 Å². The summed E-state index contributed by atoms with van der Waals surface area (Å²) in [6.07, 6.45) is 17.8. The average molecular weight is 790 g/mol. The maximum atomic E-state index is 4.56. The van der Waals surface area contributed by atoms with E-state index in [4.69, 9.17) is 0 Å². The van der Waals surface area contributed by atoms with Gasteiger partial charge in [0.05, 0.1) is 0 Å². The van der Waals surface area contributed by atoms with Gasteiger partial charge in [0, 0.05) is 0 Å². The summed E-state index contributed by atoms with van der Waals surface area (Å²) in [6.45, 7) is 18.2. The second-order valence-corrected chi connectivity index (χ2v) is 21.6. The third-order valence-corrected chi connectivity index (χ3v) is 15.6. The Balaban J connectivity index is 0.000000357. The van der Waals surface area contributed by atoms with E-state index in [2.05, 4.69) is 107 Å². The van der Waals surface area contributed by atoms with E-state index in [1.165, 1.54) is 88.2 Å². The Bertz CT molecular complexity index is 1020. The fourth-order valence-electron chi connectivity index (χ4n) is 8.70. The fraction of sp³-hybridized carbons (Fsp3) is 0.659. The van der Waals surface area contributed by atoms with Crippen LogP contribution in [-0.2, 0) is 5.41 Å². The largest absolute Gasteiger partial charge is 3.00 e. The van der Waals surface area contributed by atoms with Crippen molar-refractivity contribution in [1.29, 1.82) is 0 Å². The number of hydrogen-bond acceptors (Lipinski definition) is 0. The molecule has 1 radical (unpaired) electrons. The van der Waals surface area contributed by atoms with Gasteiger partial charge in [-0.2, -0.15) is 0 Å². The summed E-state index contributed by atoms with van der Waals surface area (Å²) in [5.41, 5.74) is 6.33. The van der Waals surface area contributed by atoms with Crippen molar-refractivity contribution < 1.29 is 39.9 Å². The van der Waals surface area contributed by atoms with Gasteiger partial charge in [-0.15, -0.1) is 0 Å². The summed E-state index contributed by atoms with van der Waals surface area (Å²) >= 11 is 0. The molecule has 255 valence electrons. The molecule has 45 heavy (non-hydrogen) atoms. The molecule has 2 aromatic rings. The van der Waals surface area contributed by atoms with Crippen LogP contribution in [-0.4, -0.2) is 17.9 Å². The first-order valence-corrected chi connectivity index (χ1v) is 23.5. The van der Waals surface area contributed by atoms with Gasteiger partial charge in [0.1, 0.15) is 0 Å². The molecule has 0 aliphatic heterocycles. The zero-order valence-corrected chi connectivity index (χ0v) is 35.6. The minimum absolute atomic E-state index is 0. The standard InChI is InChI=1S/C19H28.C16H22.C4H14NSi2.2CH3.Gd/c1-19(2,3)18-10-8-14(9-11-18)17-12-15-6-4-5-7-16(15)13-17;1-12-6-8-13(9-7-12)16-10-14-4-2-3-5-15(14)11-16;1-6(2)5-7(3)4;;;/h8-11,15-17H,4-7,12-13H2,1-3H3;6-9,14-16H,2-5,10-11H2,1H3;6-7H,1-4H3;2*1H3;/q;;3*-1;+3. The molecule has 0 aromatic heterocycles. The van der Waals surface area contributed by atoms with Crippen LogP contribution in [0.1, 0.15) is 132 Å². The molecule has 4 atom stereocenters. The Morgan fingerprint density at radius 3 is 1.13 bits per heavy atom. The molecule has 0 amide bonds. The van der Waals surface area contributed by atoms with Crippen LogP contribution in [0.3, 0.4) is 0 Å². The van der Waals surface area contributed by atoms with Crippen LogP contribution in [0.25, 0.3) is 4.65 Å². The van der Waals surface area contributed by atoms with Crippen LogP contribution in [0, 0.1) is 85.4 Å². The second kappa shape index (κ2) is 20.6. The summed E-state index contributed by atoms with van der Waals surface area (Å²) in [5, 5.41) is 0. The van der Waals surface area contributed by atoms with Crippen molar-refractivity contribution in [2.45, 2.75) is 148 Å². The van der Waals surface area contributed by atoms with Gasteiger partial charge in [-0.05, 0) is 90.2 Å². The van der Waals surface area contributed by atoms with Crippen LogP contribution >= 0.6 is 0 Å². The minimum atomic E-state index is -0.542. The van der Waals surface area contributed by atoms with E-state index in [1.54, 1.807) is 11.1 Å². The van der Waals surface area contributed by atoms with Gasteiger partial charge >= 0.3 is 39.9 Å². The average Bonchev–Trinajstić information content (AvgIpc) is 3.58. The van der Waals surface area contributed by atoms with Gasteiger partial charge in [-0.3, -0.25) is 0 Å². The maximum Gasteiger partial charge on any atom is 3.00 e. The van der Waals surface area contributed by atoms with Crippen LogP contribution in [0.4, 0.5) is 0 Å². The first kappa shape index (κ1) is 43.2. The van der Waals surface area contributed by atoms with Crippen molar-refractivity contribution >= 4 is 17.9 Å². The first-order valence-electron chi connectivity index (χ1n) is 17.9. The van der Waals surface area contributed by atoms with Crippen molar-refractivity contribution in [3.63, 3.8) is 0 Å². The number of aryl methyl sites for hydroxylation is 1. The Morgan fingerprint density at radius 2 is 0.867 bits per heavy atom. The number of rotatable bonds is 4. The molecule has 6 rings (SSSR count). The summed E-state index contributed by atoms with van der Waals surface area (Å²) in [6, 6.07) is 18.8. The van der Waals surface area contributed by atoms with Crippen LogP contribution in [0.15, 0.2) is 48.5 Å². The summed E-state index contributed by atoms with van der Waals surface area (Å²) in [4.78, 5) is 0. The molecule has 4 fully saturated rings. The molecular weight excluding hydrogens is 720 g/mol. The quantitative estimate of drug-likeness (QED) is 0.216. The summed E-state index contributed by atoms with van der Waals surface area (Å²) in [7, 11) is -1.08. The van der Waals surface area contributed by atoms with Gasteiger partial charge in [0.25, 0.3) is 0 Å². The molecule has 4 aliphatic carbocycles. The second-order valence-electron chi connectivity index (χ2n) is 16.1. The molecule has 1 nitrogen and oxygen atoms in total. The van der Waals surface area contributed by atoms with Gasteiger partial charge < -0.3 is 19.5 Å². The van der Waals surface area contributed by atoms with Gasteiger partial charge in [0.2, 0.25) is 0 Å². The van der Waals surface area contributed by atoms with Crippen molar-refractivity contribution in [1.82, 2.24) is 0 Å². The SMILES string of the molecule is CC(C)(C)c1ccc(C2CC3CCCCC3C2)cc1.C[SiH](C)[N-][SiH](C)C.Cc1ccc(C2CC3CCCCC3C2)cc1.[CH3-].[CH3-].[Gd+3]. The van der Waals surface area contributed by atoms with Gasteiger partial charge in [0.15, 0.2) is 0 Å². The summed E-state index contributed by atoms with van der Waals surface area (Å²) < 4.78 is 4.56. The van der Waals surface area contributed by atoms with Crippen LogP contribution in [0.5, 0.6) is 0 Å². The Labute approximate surface area is 317 Å². The predicted octanol–water partition coefficient (Wildman–Crippen LogP) is 12.6. The Hall–Kier alpha value is 0.158. The van der Waals surface area contributed by atoms with E-state index in [9.17, 15) is 0 Å². The number of nitrogens with zero attached hydrogens (tertiary/aromatic N) is 1. The molecule has 0 bridgehead atoms. The molecule has 4 unspecified atom stereocenters. The van der Waals surface area contributed by atoms with Crippen LogP contribution < -0.4 is 0 Å². The van der Waals surface area contributed by atoms with Crippen molar-refractivity contribution in [3.8, 4) is 0 Å². The van der Waals surface area contributed by atoms with E-state index in [1.807, 2.05) is 0 Å². The van der Waals surface area contributed by atoms with Crippen molar-refractivity contribution in [2.75, 3.05) is 0 Å². The van der Waals surface area contributed by atoms with Crippen molar-refractivity contribution in [2.24, 2.45) is 23.7 Å². The molecule has 0 N–H and O–H groups in total. The summed E-state index contributed by atoms with van der Waals surface area (Å²) in [5.74, 6) is 5.91. The molecule has 4 heteroatoms. The third kappa shape index (κ3) is 13.5. The molecular formula is C41H70GdNSi2.